The first-order chi connectivity index (χ1) is 9.49. The lowest BCUT2D eigenvalue weighted by molar-refractivity contribution is -0.123. The maximum Gasteiger partial charge on any atom is 0.237 e. The minimum Gasteiger partial charge on any atom is -0.352 e. The maximum absolute atomic E-state index is 12.0. The van der Waals surface area contributed by atoms with E-state index in [1.165, 1.54) is 6.42 Å². The van der Waals surface area contributed by atoms with Crippen LogP contribution in [-0.2, 0) is 11.2 Å². The predicted molar refractivity (Wildman–Crippen MR) is 84.4 cm³/mol. The van der Waals surface area contributed by atoms with E-state index in [1.54, 1.807) is 0 Å². The van der Waals surface area contributed by atoms with Gasteiger partial charge < -0.3 is 11.1 Å². The van der Waals surface area contributed by atoms with E-state index in [9.17, 15) is 4.79 Å². The van der Waals surface area contributed by atoms with Crippen molar-refractivity contribution in [3.05, 3.63) is 35.9 Å². The number of rotatable bonds is 8. The molecule has 112 valence electrons. The van der Waals surface area contributed by atoms with E-state index in [2.05, 4.69) is 19.2 Å². The van der Waals surface area contributed by atoms with E-state index in [-0.39, 0.29) is 11.9 Å². The summed E-state index contributed by atoms with van der Waals surface area (Å²) < 4.78 is 0. The van der Waals surface area contributed by atoms with Crippen molar-refractivity contribution in [1.29, 1.82) is 0 Å². The normalized spacial score (nSPS) is 14.1. The molecule has 0 aliphatic rings. The highest BCUT2D eigenvalue weighted by molar-refractivity contribution is 5.82. The average molecular weight is 276 g/mol. The van der Waals surface area contributed by atoms with Crippen molar-refractivity contribution in [2.24, 2.45) is 11.7 Å². The molecule has 0 aromatic heterocycles. The molecule has 0 bridgehead atoms. The van der Waals surface area contributed by atoms with E-state index in [4.69, 9.17) is 5.73 Å². The van der Waals surface area contributed by atoms with Gasteiger partial charge in [-0.2, -0.15) is 0 Å². The molecule has 1 amide bonds. The fourth-order valence-corrected chi connectivity index (χ4v) is 2.22. The van der Waals surface area contributed by atoms with Gasteiger partial charge in [0.05, 0.1) is 6.04 Å². The summed E-state index contributed by atoms with van der Waals surface area (Å²) >= 11 is 0. The zero-order chi connectivity index (χ0) is 15.0. The average Bonchev–Trinajstić information content (AvgIpc) is 2.39. The predicted octanol–water partition coefficient (Wildman–Crippen LogP) is 2.89. The molecule has 2 atom stereocenters. The molecule has 3 N–H and O–H groups in total. The number of nitrogens with two attached hydrogens (primary N) is 1. The summed E-state index contributed by atoms with van der Waals surface area (Å²) in [6.07, 6.45) is 3.96. The van der Waals surface area contributed by atoms with Crippen molar-refractivity contribution in [3.63, 3.8) is 0 Å². The van der Waals surface area contributed by atoms with Crippen LogP contribution in [0.3, 0.4) is 0 Å². The topological polar surface area (TPSA) is 55.1 Å². The number of hydrogen-bond donors (Lipinski definition) is 2. The summed E-state index contributed by atoms with van der Waals surface area (Å²) in [5.41, 5.74) is 7.06. The summed E-state index contributed by atoms with van der Waals surface area (Å²) in [7, 11) is 0. The molecular weight excluding hydrogens is 248 g/mol. The Labute approximate surface area is 122 Å². The van der Waals surface area contributed by atoms with E-state index in [1.807, 2.05) is 37.3 Å². The van der Waals surface area contributed by atoms with Gasteiger partial charge in [0.25, 0.3) is 0 Å². The number of nitrogens with one attached hydrogen (secondary N) is 1. The summed E-state index contributed by atoms with van der Waals surface area (Å²) in [5.74, 6) is 0.670. The van der Waals surface area contributed by atoms with Crippen LogP contribution in [0, 0.1) is 5.92 Å². The Hall–Kier alpha value is -1.35. The molecule has 20 heavy (non-hydrogen) atoms. The third kappa shape index (κ3) is 6.71. The maximum atomic E-state index is 12.0. The van der Waals surface area contributed by atoms with Crippen molar-refractivity contribution in [2.75, 3.05) is 0 Å². The Balaban J connectivity index is 2.30. The molecule has 1 aromatic carbocycles. The minimum atomic E-state index is -0.468. The van der Waals surface area contributed by atoms with E-state index in [0.717, 1.165) is 24.3 Å². The van der Waals surface area contributed by atoms with Gasteiger partial charge in [-0.15, -0.1) is 0 Å². The number of hydrogen-bond acceptors (Lipinski definition) is 2. The van der Waals surface area contributed by atoms with Gasteiger partial charge >= 0.3 is 0 Å². The molecule has 0 spiro atoms. The van der Waals surface area contributed by atoms with Crippen LogP contribution in [0.25, 0.3) is 0 Å². The van der Waals surface area contributed by atoms with Gasteiger partial charge in [0, 0.05) is 6.04 Å². The standard InChI is InChI=1S/C17H28N2O/c1-13(2)8-7-9-14(3)19-17(20)16(18)12-15-10-5-4-6-11-15/h4-6,10-11,13-14,16H,7-9,12,18H2,1-3H3,(H,19,20)/t14?,16-/m1/s1. The molecular formula is C17H28N2O. The van der Waals surface area contributed by atoms with E-state index >= 15 is 0 Å². The van der Waals surface area contributed by atoms with E-state index in [0.29, 0.717) is 6.42 Å². The third-order valence-corrected chi connectivity index (χ3v) is 3.44. The van der Waals surface area contributed by atoms with Crippen molar-refractivity contribution in [3.8, 4) is 0 Å². The summed E-state index contributed by atoms with van der Waals surface area (Å²) in [4.78, 5) is 12.0. The van der Waals surface area contributed by atoms with Crippen LogP contribution < -0.4 is 11.1 Å². The Morgan fingerprint density at radius 3 is 2.40 bits per heavy atom. The summed E-state index contributed by atoms with van der Waals surface area (Å²) in [6.45, 7) is 6.49. The van der Waals surface area contributed by atoms with Crippen LogP contribution in [0.15, 0.2) is 30.3 Å². The molecule has 0 heterocycles. The summed E-state index contributed by atoms with van der Waals surface area (Å²) in [5, 5.41) is 3.01. The van der Waals surface area contributed by atoms with Crippen LogP contribution >= 0.6 is 0 Å². The first kappa shape index (κ1) is 16.7. The monoisotopic (exact) mass is 276 g/mol. The highest BCUT2D eigenvalue weighted by Gasteiger charge is 2.16. The van der Waals surface area contributed by atoms with Gasteiger partial charge in [-0.3, -0.25) is 4.79 Å². The first-order valence-corrected chi connectivity index (χ1v) is 7.59. The summed E-state index contributed by atoms with van der Waals surface area (Å²) in [6, 6.07) is 9.63. The molecule has 0 aliphatic heterocycles. The molecule has 0 radical (unpaired) electrons. The Kier molecular flexibility index (Phi) is 7.31. The first-order valence-electron chi connectivity index (χ1n) is 7.59. The van der Waals surface area contributed by atoms with Crippen LogP contribution in [0.1, 0.15) is 45.6 Å². The van der Waals surface area contributed by atoms with Gasteiger partial charge in [-0.05, 0) is 31.2 Å². The Bertz CT molecular complexity index is 389. The quantitative estimate of drug-likeness (QED) is 0.767. The second kappa shape index (κ2) is 8.75. The van der Waals surface area contributed by atoms with Crippen molar-refractivity contribution in [2.45, 2.75) is 58.5 Å². The lowest BCUT2D eigenvalue weighted by atomic mass is 10.0. The van der Waals surface area contributed by atoms with Crippen LogP contribution in [-0.4, -0.2) is 18.0 Å². The lowest BCUT2D eigenvalue weighted by Gasteiger charge is -2.18. The zero-order valence-electron chi connectivity index (χ0n) is 12.9. The van der Waals surface area contributed by atoms with E-state index < -0.39 is 6.04 Å². The van der Waals surface area contributed by atoms with Crippen LogP contribution in [0.2, 0.25) is 0 Å². The molecule has 1 unspecified atom stereocenters. The fourth-order valence-electron chi connectivity index (χ4n) is 2.22. The number of benzene rings is 1. The van der Waals surface area contributed by atoms with Gasteiger partial charge in [0.2, 0.25) is 5.91 Å². The molecule has 3 nitrogen and oxygen atoms in total. The molecule has 1 aromatic rings. The second-order valence-electron chi connectivity index (χ2n) is 6.03. The smallest absolute Gasteiger partial charge is 0.237 e. The second-order valence-corrected chi connectivity index (χ2v) is 6.03. The fraction of sp³-hybridized carbons (Fsp3) is 0.588. The van der Waals surface area contributed by atoms with Crippen molar-refractivity contribution < 1.29 is 4.79 Å². The Morgan fingerprint density at radius 1 is 1.15 bits per heavy atom. The highest BCUT2D eigenvalue weighted by Crippen LogP contribution is 2.08. The molecule has 0 fully saturated rings. The molecule has 0 aliphatic carbocycles. The van der Waals surface area contributed by atoms with Crippen LogP contribution in [0.4, 0.5) is 0 Å². The lowest BCUT2D eigenvalue weighted by Crippen LogP contribution is -2.45. The van der Waals surface area contributed by atoms with Gasteiger partial charge in [0.15, 0.2) is 0 Å². The third-order valence-electron chi connectivity index (χ3n) is 3.44. The van der Waals surface area contributed by atoms with Gasteiger partial charge in [-0.1, -0.05) is 57.0 Å². The largest absolute Gasteiger partial charge is 0.352 e. The number of carbonyl (C=O) groups excluding carboxylic acids is 1. The number of carbonyl (C=O) groups is 1. The SMILES string of the molecule is CC(C)CCCC(C)NC(=O)[C@H](N)Cc1ccccc1. The molecule has 0 saturated heterocycles. The number of amides is 1. The Morgan fingerprint density at radius 2 is 1.80 bits per heavy atom. The minimum absolute atomic E-state index is 0.0501. The zero-order valence-corrected chi connectivity index (χ0v) is 12.9. The van der Waals surface area contributed by atoms with Crippen LogP contribution in [0.5, 0.6) is 0 Å². The van der Waals surface area contributed by atoms with Gasteiger partial charge in [-0.25, -0.2) is 0 Å². The molecule has 0 saturated carbocycles. The molecule has 1 rings (SSSR count). The van der Waals surface area contributed by atoms with Crippen molar-refractivity contribution >= 4 is 5.91 Å². The van der Waals surface area contributed by atoms with Crippen molar-refractivity contribution in [1.82, 2.24) is 5.32 Å². The highest BCUT2D eigenvalue weighted by atomic mass is 16.2. The van der Waals surface area contributed by atoms with Gasteiger partial charge in [0.1, 0.15) is 0 Å². The molecule has 3 heteroatoms.